The number of hydrogen-bond donors (Lipinski definition) is 2. The van der Waals surface area contributed by atoms with Crippen molar-refractivity contribution in [2.24, 2.45) is 0 Å². The van der Waals surface area contributed by atoms with Gasteiger partial charge in [-0.1, -0.05) is 31.2 Å². The zero-order chi connectivity index (χ0) is 15.3. The van der Waals surface area contributed by atoms with E-state index in [1.165, 1.54) is 0 Å². The Hall–Kier alpha value is -1.94. The molecule has 112 valence electrons. The summed E-state index contributed by atoms with van der Waals surface area (Å²) in [6.07, 6.45) is 2.70. The number of nitrogens with one attached hydrogen (secondary N) is 2. The average molecular weight is 285 g/mol. The Labute approximate surface area is 126 Å². The summed E-state index contributed by atoms with van der Waals surface area (Å²) in [6.45, 7) is 7.06. The van der Waals surface area contributed by atoms with Crippen LogP contribution in [0.5, 0.6) is 0 Å². The standard InChI is InChI=1S/C17H23N3O/c1-4-17(2,3)20-15(21)12-18-11-14-8-5-7-13-9-6-10-19-16(13)14/h5-10,18H,4,11-12H2,1-3H3,(H,20,21). The minimum atomic E-state index is -0.153. The van der Waals surface area contributed by atoms with Crippen molar-refractivity contribution in [2.75, 3.05) is 6.54 Å². The molecule has 0 aliphatic heterocycles. The van der Waals surface area contributed by atoms with Crippen LogP contribution >= 0.6 is 0 Å². The van der Waals surface area contributed by atoms with Gasteiger partial charge in [-0.15, -0.1) is 0 Å². The van der Waals surface area contributed by atoms with Crippen molar-refractivity contribution in [1.82, 2.24) is 15.6 Å². The van der Waals surface area contributed by atoms with Gasteiger partial charge in [0.1, 0.15) is 0 Å². The minimum Gasteiger partial charge on any atom is -0.350 e. The van der Waals surface area contributed by atoms with E-state index in [0.29, 0.717) is 13.1 Å². The van der Waals surface area contributed by atoms with Gasteiger partial charge in [-0.25, -0.2) is 0 Å². The molecule has 0 fully saturated rings. The van der Waals surface area contributed by atoms with Crippen LogP contribution in [0.1, 0.15) is 32.8 Å². The van der Waals surface area contributed by atoms with Gasteiger partial charge in [-0.05, 0) is 31.9 Å². The molecule has 0 aliphatic rings. The topological polar surface area (TPSA) is 54.0 Å². The highest BCUT2D eigenvalue weighted by atomic mass is 16.2. The molecular formula is C17H23N3O. The molecule has 0 aliphatic carbocycles. The largest absolute Gasteiger partial charge is 0.350 e. The van der Waals surface area contributed by atoms with Crippen LogP contribution in [0.2, 0.25) is 0 Å². The number of para-hydroxylation sites is 1. The highest BCUT2D eigenvalue weighted by Gasteiger charge is 2.17. The lowest BCUT2D eigenvalue weighted by atomic mass is 10.0. The van der Waals surface area contributed by atoms with E-state index in [-0.39, 0.29) is 11.4 Å². The quantitative estimate of drug-likeness (QED) is 0.858. The number of benzene rings is 1. The number of hydrogen-bond acceptors (Lipinski definition) is 3. The van der Waals surface area contributed by atoms with Gasteiger partial charge in [-0.3, -0.25) is 9.78 Å². The minimum absolute atomic E-state index is 0.0232. The van der Waals surface area contributed by atoms with Crippen molar-refractivity contribution in [2.45, 2.75) is 39.3 Å². The van der Waals surface area contributed by atoms with Crippen LogP contribution in [0.4, 0.5) is 0 Å². The number of fused-ring (bicyclic) bond motifs is 1. The fraction of sp³-hybridized carbons (Fsp3) is 0.412. The van der Waals surface area contributed by atoms with Crippen LogP contribution in [0.25, 0.3) is 10.9 Å². The van der Waals surface area contributed by atoms with E-state index in [9.17, 15) is 4.79 Å². The third kappa shape index (κ3) is 4.26. The van der Waals surface area contributed by atoms with Gasteiger partial charge in [0.2, 0.25) is 5.91 Å². The second-order valence-corrected chi connectivity index (χ2v) is 5.88. The van der Waals surface area contributed by atoms with Gasteiger partial charge in [0.25, 0.3) is 0 Å². The zero-order valence-corrected chi connectivity index (χ0v) is 12.9. The van der Waals surface area contributed by atoms with Crippen LogP contribution in [-0.2, 0) is 11.3 Å². The van der Waals surface area contributed by atoms with Gasteiger partial charge < -0.3 is 10.6 Å². The number of aromatic nitrogens is 1. The summed E-state index contributed by atoms with van der Waals surface area (Å²) in [4.78, 5) is 16.3. The van der Waals surface area contributed by atoms with E-state index in [2.05, 4.69) is 22.5 Å². The highest BCUT2D eigenvalue weighted by Crippen LogP contribution is 2.15. The first-order chi connectivity index (χ1) is 10.0. The lowest BCUT2D eigenvalue weighted by Crippen LogP contribution is -2.46. The molecule has 1 amide bonds. The van der Waals surface area contributed by atoms with E-state index in [1.807, 2.05) is 44.2 Å². The number of rotatable bonds is 6. The molecule has 0 radical (unpaired) electrons. The average Bonchev–Trinajstić information content (AvgIpc) is 2.47. The molecule has 4 nitrogen and oxygen atoms in total. The number of carbonyl (C=O) groups excluding carboxylic acids is 1. The fourth-order valence-electron chi connectivity index (χ4n) is 2.13. The maximum absolute atomic E-state index is 11.9. The Balaban J connectivity index is 1.92. The number of amides is 1. The third-order valence-corrected chi connectivity index (χ3v) is 3.68. The number of carbonyl (C=O) groups is 1. The molecule has 2 N–H and O–H groups in total. The van der Waals surface area contributed by atoms with E-state index in [4.69, 9.17) is 0 Å². The van der Waals surface area contributed by atoms with Crippen molar-refractivity contribution in [1.29, 1.82) is 0 Å². The molecular weight excluding hydrogens is 262 g/mol. The van der Waals surface area contributed by atoms with E-state index in [1.54, 1.807) is 6.20 Å². The summed E-state index contributed by atoms with van der Waals surface area (Å²) in [5.74, 6) is 0.0232. The van der Waals surface area contributed by atoms with E-state index < -0.39 is 0 Å². The Kier molecular flexibility index (Phi) is 4.91. The van der Waals surface area contributed by atoms with Crippen LogP contribution < -0.4 is 10.6 Å². The Morgan fingerprint density at radius 1 is 1.24 bits per heavy atom. The first kappa shape index (κ1) is 15.4. The molecule has 2 rings (SSSR count). The van der Waals surface area contributed by atoms with Crippen molar-refractivity contribution < 1.29 is 4.79 Å². The van der Waals surface area contributed by atoms with Crippen LogP contribution in [0, 0.1) is 0 Å². The molecule has 0 atom stereocenters. The second-order valence-electron chi connectivity index (χ2n) is 5.88. The summed E-state index contributed by atoms with van der Waals surface area (Å²) >= 11 is 0. The summed E-state index contributed by atoms with van der Waals surface area (Å²) in [7, 11) is 0. The zero-order valence-electron chi connectivity index (χ0n) is 12.9. The van der Waals surface area contributed by atoms with Gasteiger partial charge in [0, 0.05) is 23.7 Å². The molecule has 4 heteroatoms. The second kappa shape index (κ2) is 6.68. The molecule has 0 spiro atoms. The Morgan fingerprint density at radius 3 is 2.76 bits per heavy atom. The Morgan fingerprint density at radius 2 is 2.00 bits per heavy atom. The van der Waals surface area contributed by atoms with Gasteiger partial charge in [0.05, 0.1) is 12.1 Å². The normalized spacial score (nSPS) is 11.6. The molecule has 1 aromatic carbocycles. The predicted octanol–water partition coefficient (Wildman–Crippen LogP) is 2.63. The lowest BCUT2D eigenvalue weighted by molar-refractivity contribution is -0.121. The number of nitrogens with zero attached hydrogens (tertiary/aromatic N) is 1. The summed E-state index contributed by atoms with van der Waals surface area (Å²) in [5.41, 5.74) is 1.94. The SMILES string of the molecule is CCC(C)(C)NC(=O)CNCc1cccc2cccnc12. The highest BCUT2D eigenvalue weighted by molar-refractivity contribution is 5.82. The Bertz CT molecular complexity index is 617. The molecule has 0 saturated heterocycles. The van der Waals surface area contributed by atoms with Crippen LogP contribution in [0.3, 0.4) is 0 Å². The first-order valence-electron chi connectivity index (χ1n) is 7.36. The van der Waals surface area contributed by atoms with Crippen molar-refractivity contribution in [3.8, 4) is 0 Å². The van der Waals surface area contributed by atoms with E-state index >= 15 is 0 Å². The molecule has 1 heterocycles. The van der Waals surface area contributed by atoms with Crippen LogP contribution in [0.15, 0.2) is 36.5 Å². The smallest absolute Gasteiger partial charge is 0.234 e. The molecule has 0 bridgehead atoms. The first-order valence-corrected chi connectivity index (χ1v) is 7.36. The molecule has 0 unspecified atom stereocenters. The molecule has 21 heavy (non-hydrogen) atoms. The van der Waals surface area contributed by atoms with Crippen molar-refractivity contribution >= 4 is 16.8 Å². The third-order valence-electron chi connectivity index (χ3n) is 3.68. The number of pyridine rings is 1. The lowest BCUT2D eigenvalue weighted by Gasteiger charge is -2.24. The van der Waals surface area contributed by atoms with Gasteiger partial charge >= 0.3 is 0 Å². The van der Waals surface area contributed by atoms with Crippen LogP contribution in [-0.4, -0.2) is 23.0 Å². The molecule has 0 saturated carbocycles. The fourth-order valence-corrected chi connectivity index (χ4v) is 2.13. The maximum Gasteiger partial charge on any atom is 0.234 e. The van der Waals surface area contributed by atoms with E-state index in [0.717, 1.165) is 22.9 Å². The predicted molar refractivity (Wildman–Crippen MR) is 86.0 cm³/mol. The maximum atomic E-state index is 11.9. The monoisotopic (exact) mass is 285 g/mol. The van der Waals surface area contributed by atoms with Gasteiger partial charge in [-0.2, -0.15) is 0 Å². The molecule has 2 aromatic rings. The summed E-state index contributed by atoms with van der Waals surface area (Å²) in [6, 6.07) is 10.1. The molecule has 1 aromatic heterocycles. The summed E-state index contributed by atoms with van der Waals surface area (Å²) < 4.78 is 0. The summed E-state index contributed by atoms with van der Waals surface area (Å²) in [5, 5.41) is 7.32. The van der Waals surface area contributed by atoms with Gasteiger partial charge in [0.15, 0.2) is 0 Å². The van der Waals surface area contributed by atoms with Crippen molar-refractivity contribution in [3.63, 3.8) is 0 Å². The van der Waals surface area contributed by atoms with Crippen molar-refractivity contribution in [3.05, 3.63) is 42.1 Å².